The van der Waals surface area contributed by atoms with Gasteiger partial charge < -0.3 is 9.84 Å². The van der Waals surface area contributed by atoms with Crippen LogP contribution in [0.1, 0.15) is 36.8 Å². The van der Waals surface area contributed by atoms with E-state index in [-0.39, 0.29) is 12.0 Å². The Hall–Kier alpha value is -1.35. The van der Waals surface area contributed by atoms with Gasteiger partial charge in [0.05, 0.1) is 12.0 Å². The number of hydrogen-bond acceptors (Lipinski definition) is 2. The van der Waals surface area contributed by atoms with Crippen LogP contribution in [0.3, 0.4) is 0 Å². The summed E-state index contributed by atoms with van der Waals surface area (Å²) in [6, 6.07) is 8.10. The fourth-order valence-corrected chi connectivity index (χ4v) is 2.70. The molecular formula is C16H22O3. The molecule has 0 radical (unpaired) electrons. The van der Waals surface area contributed by atoms with Crippen molar-refractivity contribution in [1.29, 1.82) is 0 Å². The Kier molecular flexibility index (Phi) is 4.97. The number of ether oxygens (including phenoxy) is 1. The first kappa shape index (κ1) is 14.1. The zero-order valence-corrected chi connectivity index (χ0v) is 11.5. The molecule has 0 saturated carbocycles. The first-order valence-electron chi connectivity index (χ1n) is 7.05. The number of aliphatic carboxylic acids is 1. The molecule has 0 spiro atoms. The first-order valence-corrected chi connectivity index (χ1v) is 7.05. The monoisotopic (exact) mass is 262 g/mol. The predicted octanol–water partition coefficient (Wildman–Crippen LogP) is 3.20. The number of carboxylic acid groups (broad SMARTS) is 1. The van der Waals surface area contributed by atoms with Gasteiger partial charge in [0.2, 0.25) is 0 Å². The van der Waals surface area contributed by atoms with Crippen LogP contribution < -0.4 is 0 Å². The highest BCUT2D eigenvalue weighted by molar-refractivity contribution is 5.70. The summed E-state index contributed by atoms with van der Waals surface area (Å²) in [5.41, 5.74) is 2.29. The normalized spacial score (nSPS) is 20.4. The van der Waals surface area contributed by atoms with Crippen molar-refractivity contribution in [2.45, 2.75) is 45.1 Å². The highest BCUT2D eigenvalue weighted by Gasteiger charge is 2.22. The highest BCUT2D eigenvalue weighted by Crippen LogP contribution is 2.22. The van der Waals surface area contributed by atoms with E-state index in [1.807, 2.05) is 25.1 Å². The standard InChI is InChI=1S/C16H22O3/c1-12-4-2-5-13(10-12)11-14(16(17)18)7-8-15-6-3-9-19-15/h2,4-5,10,14-15H,3,6-9,11H2,1H3,(H,17,18). The van der Waals surface area contributed by atoms with E-state index in [0.29, 0.717) is 12.8 Å². The van der Waals surface area contributed by atoms with Gasteiger partial charge in [-0.1, -0.05) is 29.8 Å². The molecule has 19 heavy (non-hydrogen) atoms. The van der Waals surface area contributed by atoms with Crippen LogP contribution in [0.4, 0.5) is 0 Å². The van der Waals surface area contributed by atoms with Gasteiger partial charge in [0.1, 0.15) is 0 Å². The molecule has 0 amide bonds. The van der Waals surface area contributed by atoms with Gasteiger partial charge in [-0.3, -0.25) is 4.79 Å². The molecule has 1 aliphatic rings. The highest BCUT2D eigenvalue weighted by atomic mass is 16.5. The fraction of sp³-hybridized carbons (Fsp3) is 0.562. The van der Waals surface area contributed by atoms with Crippen molar-refractivity contribution in [3.8, 4) is 0 Å². The molecule has 2 atom stereocenters. The minimum absolute atomic E-state index is 0.277. The van der Waals surface area contributed by atoms with Crippen LogP contribution in [0.2, 0.25) is 0 Å². The molecule has 1 aliphatic heterocycles. The molecule has 3 heteroatoms. The van der Waals surface area contributed by atoms with Crippen LogP contribution in [-0.2, 0) is 16.0 Å². The maximum atomic E-state index is 11.4. The zero-order chi connectivity index (χ0) is 13.7. The fourth-order valence-electron chi connectivity index (χ4n) is 2.70. The molecule has 0 bridgehead atoms. The average Bonchev–Trinajstić information content (AvgIpc) is 2.87. The van der Waals surface area contributed by atoms with Gasteiger partial charge in [-0.15, -0.1) is 0 Å². The Morgan fingerprint density at radius 3 is 3.00 bits per heavy atom. The molecule has 1 aromatic rings. The van der Waals surface area contributed by atoms with Crippen molar-refractivity contribution in [1.82, 2.24) is 0 Å². The number of hydrogen-bond donors (Lipinski definition) is 1. The van der Waals surface area contributed by atoms with Gasteiger partial charge in [-0.25, -0.2) is 0 Å². The Labute approximate surface area is 114 Å². The number of carboxylic acids is 1. The maximum absolute atomic E-state index is 11.4. The molecule has 1 saturated heterocycles. The topological polar surface area (TPSA) is 46.5 Å². The van der Waals surface area contributed by atoms with E-state index >= 15 is 0 Å². The molecule has 1 aromatic carbocycles. The average molecular weight is 262 g/mol. The Bertz CT molecular complexity index is 422. The molecule has 2 rings (SSSR count). The molecule has 1 heterocycles. The van der Waals surface area contributed by atoms with Gasteiger partial charge in [-0.2, -0.15) is 0 Å². The smallest absolute Gasteiger partial charge is 0.306 e. The van der Waals surface area contributed by atoms with E-state index in [1.54, 1.807) is 0 Å². The van der Waals surface area contributed by atoms with Crippen LogP contribution in [0, 0.1) is 12.8 Å². The van der Waals surface area contributed by atoms with E-state index < -0.39 is 5.97 Å². The third-order valence-corrected chi connectivity index (χ3v) is 3.77. The van der Waals surface area contributed by atoms with Gasteiger partial charge in [0.15, 0.2) is 0 Å². The van der Waals surface area contributed by atoms with Crippen molar-refractivity contribution in [3.05, 3.63) is 35.4 Å². The van der Waals surface area contributed by atoms with E-state index in [0.717, 1.165) is 31.4 Å². The second-order valence-electron chi connectivity index (χ2n) is 5.44. The van der Waals surface area contributed by atoms with Gasteiger partial charge in [0, 0.05) is 6.61 Å². The van der Waals surface area contributed by atoms with Gasteiger partial charge in [-0.05, 0) is 44.6 Å². The third-order valence-electron chi connectivity index (χ3n) is 3.77. The number of rotatable bonds is 6. The molecule has 3 nitrogen and oxygen atoms in total. The lowest BCUT2D eigenvalue weighted by Crippen LogP contribution is -2.19. The van der Waals surface area contributed by atoms with Gasteiger partial charge >= 0.3 is 5.97 Å². The van der Waals surface area contributed by atoms with Gasteiger partial charge in [0.25, 0.3) is 0 Å². The van der Waals surface area contributed by atoms with Crippen molar-refractivity contribution >= 4 is 5.97 Å². The zero-order valence-electron chi connectivity index (χ0n) is 11.5. The summed E-state index contributed by atoms with van der Waals surface area (Å²) in [5.74, 6) is -0.995. The van der Waals surface area contributed by atoms with Crippen molar-refractivity contribution in [2.75, 3.05) is 6.61 Å². The summed E-state index contributed by atoms with van der Waals surface area (Å²) < 4.78 is 5.56. The van der Waals surface area contributed by atoms with Crippen LogP contribution in [0.25, 0.3) is 0 Å². The van der Waals surface area contributed by atoms with Crippen LogP contribution in [-0.4, -0.2) is 23.8 Å². The SMILES string of the molecule is Cc1cccc(CC(CCC2CCCO2)C(=O)O)c1. The maximum Gasteiger partial charge on any atom is 0.306 e. The summed E-state index contributed by atoms with van der Waals surface area (Å²) in [6.07, 6.45) is 4.65. The summed E-state index contributed by atoms with van der Waals surface area (Å²) in [4.78, 5) is 11.4. The van der Waals surface area contributed by atoms with E-state index in [9.17, 15) is 9.90 Å². The quantitative estimate of drug-likeness (QED) is 0.856. The number of aryl methyl sites for hydroxylation is 1. The molecule has 104 valence electrons. The van der Waals surface area contributed by atoms with E-state index in [2.05, 4.69) is 6.07 Å². The lowest BCUT2D eigenvalue weighted by atomic mass is 9.92. The van der Waals surface area contributed by atoms with Crippen LogP contribution in [0.5, 0.6) is 0 Å². The van der Waals surface area contributed by atoms with E-state index in [4.69, 9.17) is 4.74 Å². The second-order valence-corrected chi connectivity index (χ2v) is 5.44. The molecule has 0 aromatic heterocycles. The molecule has 1 N–H and O–H groups in total. The lowest BCUT2D eigenvalue weighted by Gasteiger charge is -2.15. The summed E-state index contributed by atoms with van der Waals surface area (Å²) in [7, 11) is 0. The van der Waals surface area contributed by atoms with E-state index in [1.165, 1.54) is 5.56 Å². The third kappa shape index (κ3) is 4.35. The lowest BCUT2D eigenvalue weighted by molar-refractivity contribution is -0.142. The molecule has 0 aliphatic carbocycles. The first-order chi connectivity index (χ1) is 9.15. The number of benzene rings is 1. The summed E-state index contributed by atoms with van der Waals surface area (Å²) >= 11 is 0. The minimum Gasteiger partial charge on any atom is -0.481 e. The molecule has 1 fully saturated rings. The second kappa shape index (κ2) is 6.71. The Morgan fingerprint density at radius 2 is 2.37 bits per heavy atom. The van der Waals surface area contributed by atoms with Crippen LogP contribution in [0.15, 0.2) is 24.3 Å². The minimum atomic E-state index is -0.695. The van der Waals surface area contributed by atoms with Crippen molar-refractivity contribution in [2.24, 2.45) is 5.92 Å². The number of carbonyl (C=O) groups is 1. The summed E-state index contributed by atoms with van der Waals surface area (Å²) in [6.45, 7) is 2.87. The Morgan fingerprint density at radius 1 is 1.53 bits per heavy atom. The predicted molar refractivity (Wildman–Crippen MR) is 74.2 cm³/mol. The molecular weight excluding hydrogens is 240 g/mol. The van der Waals surface area contributed by atoms with Crippen molar-refractivity contribution in [3.63, 3.8) is 0 Å². The van der Waals surface area contributed by atoms with Crippen LogP contribution >= 0.6 is 0 Å². The van der Waals surface area contributed by atoms with Crippen molar-refractivity contribution < 1.29 is 14.6 Å². The Balaban J connectivity index is 1.90. The molecule has 2 unspecified atom stereocenters. The largest absolute Gasteiger partial charge is 0.481 e. The summed E-state index contributed by atoms with van der Waals surface area (Å²) in [5, 5.41) is 9.34.